The van der Waals surface area contributed by atoms with Gasteiger partial charge >= 0.3 is 0 Å². The Kier molecular flexibility index (Phi) is 7.52. The van der Waals surface area contributed by atoms with Gasteiger partial charge in [0.25, 0.3) is 0 Å². The van der Waals surface area contributed by atoms with E-state index in [4.69, 9.17) is 9.47 Å². The van der Waals surface area contributed by atoms with Gasteiger partial charge in [-0.3, -0.25) is 4.79 Å². The molecule has 0 bridgehead atoms. The number of hydrogen-bond donors (Lipinski definition) is 1. The summed E-state index contributed by atoms with van der Waals surface area (Å²) in [5.41, 5.74) is 2.52. The molecule has 1 atom stereocenters. The molecule has 1 fully saturated rings. The molecular formula is C18H28N2O3. The zero-order chi connectivity index (χ0) is 16.5. The standard InChI is InChI=1S/C18H28N2O3/c1-3-15-4-6-16(7-5-15)17-14-19-9-10-20(17)18(21)8-11-23-13-12-22-2/h4-7,17,19H,3,8-14H2,1-2H3. The zero-order valence-corrected chi connectivity index (χ0v) is 14.2. The lowest BCUT2D eigenvalue weighted by molar-refractivity contribution is -0.135. The minimum atomic E-state index is 0.112. The molecule has 0 saturated carbocycles. The maximum Gasteiger partial charge on any atom is 0.225 e. The summed E-state index contributed by atoms with van der Waals surface area (Å²) < 4.78 is 10.3. The van der Waals surface area contributed by atoms with E-state index in [1.54, 1.807) is 7.11 Å². The highest BCUT2D eigenvalue weighted by Gasteiger charge is 2.27. The predicted octanol–water partition coefficient (Wildman–Crippen LogP) is 1.77. The average Bonchev–Trinajstić information content (AvgIpc) is 2.61. The van der Waals surface area contributed by atoms with E-state index in [0.29, 0.717) is 26.2 Å². The van der Waals surface area contributed by atoms with Crippen molar-refractivity contribution < 1.29 is 14.3 Å². The van der Waals surface area contributed by atoms with Crippen LogP contribution in [0.4, 0.5) is 0 Å². The van der Waals surface area contributed by atoms with Crippen LogP contribution in [0.3, 0.4) is 0 Å². The van der Waals surface area contributed by atoms with Crippen molar-refractivity contribution in [2.75, 3.05) is 46.6 Å². The lowest BCUT2D eigenvalue weighted by atomic mass is 10.0. The van der Waals surface area contributed by atoms with Crippen molar-refractivity contribution in [3.05, 3.63) is 35.4 Å². The Morgan fingerprint density at radius 3 is 2.74 bits per heavy atom. The number of amides is 1. The summed E-state index contributed by atoms with van der Waals surface area (Å²) in [7, 11) is 1.64. The topological polar surface area (TPSA) is 50.8 Å². The van der Waals surface area contributed by atoms with Gasteiger partial charge in [-0.1, -0.05) is 31.2 Å². The molecule has 1 heterocycles. The van der Waals surface area contributed by atoms with Gasteiger partial charge in [-0.25, -0.2) is 0 Å². The summed E-state index contributed by atoms with van der Waals surface area (Å²) in [6.07, 6.45) is 1.46. The fraction of sp³-hybridized carbons (Fsp3) is 0.611. The molecule has 1 unspecified atom stereocenters. The molecule has 5 heteroatoms. The fourth-order valence-electron chi connectivity index (χ4n) is 2.82. The van der Waals surface area contributed by atoms with Crippen molar-refractivity contribution in [1.29, 1.82) is 0 Å². The number of nitrogens with zero attached hydrogens (tertiary/aromatic N) is 1. The molecule has 1 amide bonds. The third kappa shape index (κ3) is 5.30. The minimum Gasteiger partial charge on any atom is -0.382 e. The van der Waals surface area contributed by atoms with E-state index in [2.05, 4.69) is 36.5 Å². The smallest absolute Gasteiger partial charge is 0.225 e. The van der Waals surface area contributed by atoms with Gasteiger partial charge in [0.15, 0.2) is 0 Å². The highest BCUT2D eigenvalue weighted by molar-refractivity contribution is 5.77. The van der Waals surface area contributed by atoms with Crippen molar-refractivity contribution >= 4 is 5.91 Å². The Labute approximate surface area is 139 Å². The molecule has 128 valence electrons. The number of piperazine rings is 1. The number of nitrogens with one attached hydrogen (secondary N) is 1. The molecule has 1 aromatic rings. The van der Waals surface area contributed by atoms with Crippen molar-refractivity contribution in [3.8, 4) is 0 Å². The number of benzene rings is 1. The molecule has 0 spiro atoms. The molecule has 5 nitrogen and oxygen atoms in total. The van der Waals surface area contributed by atoms with Gasteiger partial charge in [0.05, 0.1) is 32.3 Å². The number of aryl methyl sites for hydroxylation is 1. The maximum absolute atomic E-state index is 12.5. The first-order valence-electron chi connectivity index (χ1n) is 8.42. The third-order valence-electron chi connectivity index (χ3n) is 4.23. The third-order valence-corrected chi connectivity index (χ3v) is 4.23. The normalized spacial score (nSPS) is 18.2. The molecule has 0 aliphatic carbocycles. The Hall–Kier alpha value is -1.43. The van der Waals surface area contributed by atoms with E-state index in [-0.39, 0.29) is 11.9 Å². The van der Waals surface area contributed by atoms with Crippen LogP contribution in [0.2, 0.25) is 0 Å². The minimum absolute atomic E-state index is 0.112. The summed E-state index contributed by atoms with van der Waals surface area (Å²) in [6, 6.07) is 8.71. The highest BCUT2D eigenvalue weighted by Crippen LogP contribution is 2.23. The van der Waals surface area contributed by atoms with Gasteiger partial charge in [0, 0.05) is 26.7 Å². The number of carbonyl (C=O) groups is 1. The molecule has 1 aromatic carbocycles. The van der Waals surface area contributed by atoms with Crippen LogP contribution in [-0.4, -0.2) is 57.4 Å². The van der Waals surface area contributed by atoms with Crippen LogP contribution < -0.4 is 5.32 Å². The van der Waals surface area contributed by atoms with Gasteiger partial charge < -0.3 is 19.7 Å². The Balaban J connectivity index is 1.92. The highest BCUT2D eigenvalue weighted by atomic mass is 16.5. The van der Waals surface area contributed by atoms with E-state index < -0.39 is 0 Å². The van der Waals surface area contributed by atoms with Crippen LogP contribution >= 0.6 is 0 Å². The van der Waals surface area contributed by atoms with E-state index in [9.17, 15) is 4.79 Å². The second-order valence-electron chi connectivity index (χ2n) is 5.76. The summed E-state index contributed by atoms with van der Waals surface area (Å²) >= 11 is 0. The number of carbonyl (C=O) groups excluding carboxylic acids is 1. The fourth-order valence-corrected chi connectivity index (χ4v) is 2.82. The van der Waals surface area contributed by atoms with Crippen LogP contribution in [0.5, 0.6) is 0 Å². The quantitative estimate of drug-likeness (QED) is 0.742. The largest absolute Gasteiger partial charge is 0.382 e. The lowest BCUT2D eigenvalue weighted by Gasteiger charge is -2.36. The van der Waals surface area contributed by atoms with Gasteiger partial charge in [0.2, 0.25) is 5.91 Å². The summed E-state index contributed by atoms with van der Waals surface area (Å²) in [6.45, 7) is 6.10. The maximum atomic E-state index is 12.5. The number of hydrogen-bond acceptors (Lipinski definition) is 4. The predicted molar refractivity (Wildman–Crippen MR) is 90.5 cm³/mol. The first-order chi connectivity index (χ1) is 11.3. The van der Waals surface area contributed by atoms with Crippen molar-refractivity contribution in [1.82, 2.24) is 10.2 Å². The van der Waals surface area contributed by atoms with Gasteiger partial charge in [-0.05, 0) is 17.5 Å². The van der Waals surface area contributed by atoms with E-state index in [1.807, 2.05) is 4.90 Å². The Morgan fingerprint density at radius 1 is 1.26 bits per heavy atom. The van der Waals surface area contributed by atoms with Crippen LogP contribution in [0.15, 0.2) is 24.3 Å². The van der Waals surface area contributed by atoms with Crippen LogP contribution in [-0.2, 0) is 20.7 Å². The molecule has 2 rings (SSSR count). The molecule has 1 N–H and O–H groups in total. The van der Waals surface area contributed by atoms with Crippen molar-refractivity contribution in [2.24, 2.45) is 0 Å². The first kappa shape index (κ1) is 17.9. The Morgan fingerprint density at radius 2 is 2.04 bits per heavy atom. The summed E-state index contributed by atoms with van der Waals surface area (Å²) in [5, 5.41) is 3.39. The van der Waals surface area contributed by atoms with Gasteiger partial charge in [0.1, 0.15) is 0 Å². The van der Waals surface area contributed by atoms with Crippen molar-refractivity contribution in [2.45, 2.75) is 25.8 Å². The molecule has 23 heavy (non-hydrogen) atoms. The lowest BCUT2D eigenvalue weighted by Crippen LogP contribution is -2.48. The van der Waals surface area contributed by atoms with Gasteiger partial charge in [-0.15, -0.1) is 0 Å². The van der Waals surface area contributed by atoms with E-state index in [0.717, 1.165) is 26.1 Å². The summed E-state index contributed by atoms with van der Waals surface area (Å²) in [4.78, 5) is 14.5. The summed E-state index contributed by atoms with van der Waals surface area (Å²) in [5.74, 6) is 0.161. The second kappa shape index (κ2) is 9.65. The van der Waals surface area contributed by atoms with E-state index >= 15 is 0 Å². The van der Waals surface area contributed by atoms with Crippen molar-refractivity contribution in [3.63, 3.8) is 0 Å². The molecule has 1 aliphatic rings. The SMILES string of the molecule is CCc1ccc(C2CNCCN2C(=O)CCOCCOC)cc1. The monoisotopic (exact) mass is 320 g/mol. The first-order valence-corrected chi connectivity index (χ1v) is 8.42. The molecule has 1 saturated heterocycles. The number of rotatable bonds is 8. The molecule has 0 aromatic heterocycles. The molecule has 1 aliphatic heterocycles. The second-order valence-corrected chi connectivity index (χ2v) is 5.76. The van der Waals surface area contributed by atoms with Crippen LogP contribution in [0, 0.1) is 0 Å². The Bertz CT molecular complexity index is 476. The number of ether oxygens (including phenoxy) is 2. The van der Waals surface area contributed by atoms with Crippen LogP contribution in [0.25, 0.3) is 0 Å². The molecule has 0 radical (unpaired) electrons. The number of methoxy groups -OCH3 is 1. The zero-order valence-electron chi connectivity index (χ0n) is 14.2. The van der Waals surface area contributed by atoms with Gasteiger partial charge in [-0.2, -0.15) is 0 Å². The van der Waals surface area contributed by atoms with Crippen LogP contribution in [0.1, 0.15) is 30.5 Å². The average molecular weight is 320 g/mol. The van der Waals surface area contributed by atoms with E-state index in [1.165, 1.54) is 11.1 Å². The molecular weight excluding hydrogens is 292 g/mol.